The standard InChI is InChI=1S/C30H29ClN4O4/c1-39-22-13-10-19(11-14-22)18-32-30(38)35-27(20-6-2-3-7-20)17-26(34-35)24-15-12-21(16-28(24)36)33-29(37)23-8-4-5-9-25(23)31/h4-5,8-17,20,36H,2-3,6-7,18H2,1H3,(H,32,38)(H,33,37). The van der Waals surface area contributed by atoms with Crippen LogP contribution < -0.4 is 15.4 Å². The van der Waals surface area contributed by atoms with Gasteiger partial charge in [0.05, 0.1) is 29.1 Å². The lowest BCUT2D eigenvalue weighted by Gasteiger charge is -2.12. The maximum Gasteiger partial charge on any atom is 0.342 e. The molecule has 3 N–H and O–H groups in total. The average molecular weight is 545 g/mol. The summed E-state index contributed by atoms with van der Waals surface area (Å²) in [6.07, 6.45) is 4.17. The SMILES string of the molecule is COc1ccc(CNC(=O)n2nc(-c3ccc(NC(=O)c4ccccc4Cl)cc3O)cc2C2CCCC2)cc1. The number of phenolic OH excluding ortho intramolecular Hbond substituents is 1. The van der Waals surface area contributed by atoms with Gasteiger partial charge in [0, 0.05) is 29.8 Å². The number of hydrogen-bond donors (Lipinski definition) is 3. The summed E-state index contributed by atoms with van der Waals surface area (Å²) in [5.41, 5.74) is 3.46. The molecule has 1 fully saturated rings. The number of benzene rings is 3. The van der Waals surface area contributed by atoms with Gasteiger partial charge in [0.15, 0.2) is 0 Å². The highest BCUT2D eigenvalue weighted by atomic mass is 35.5. The smallest absolute Gasteiger partial charge is 0.342 e. The molecular weight excluding hydrogens is 516 g/mol. The third kappa shape index (κ3) is 5.91. The summed E-state index contributed by atoms with van der Waals surface area (Å²) >= 11 is 6.13. The van der Waals surface area contributed by atoms with Crippen molar-refractivity contribution in [3.63, 3.8) is 0 Å². The Labute approximate surface area is 231 Å². The van der Waals surface area contributed by atoms with Crippen LogP contribution in [-0.2, 0) is 6.54 Å². The second-order valence-electron chi connectivity index (χ2n) is 9.52. The van der Waals surface area contributed by atoms with E-state index in [4.69, 9.17) is 16.3 Å². The summed E-state index contributed by atoms with van der Waals surface area (Å²) < 4.78 is 6.61. The van der Waals surface area contributed by atoms with Gasteiger partial charge in [-0.3, -0.25) is 4.79 Å². The van der Waals surface area contributed by atoms with Crippen molar-refractivity contribution < 1.29 is 19.4 Å². The normalized spacial score (nSPS) is 13.3. The molecule has 5 rings (SSSR count). The highest BCUT2D eigenvalue weighted by Gasteiger charge is 2.26. The second kappa shape index (κ2) is 11.6. The van der Waals surface area contributed by atoms with Crippen LogP contribution in [0.5, 0.6) is 11.5 Å². The minimum absolute atomic E-state index is 0.0618. The third-order valence-corrected chi connectivity index (χ3v) is 7.29. The first-order valence-corrected chi connectivity index (χ1v) is 13.2. The molecule has 4 aromatic rings. The quantitative estimate of drug-likeness (QED) is 0.243. The lowest BCUT2D eigenvalue weighted by molar-refractivity contribution is 0.102. The van der Waals surface area contributed by atoms with E-state index in [9.17, 15) is 14.7 Å². The van der Waals surface area contributed by atoms with E-state index in [-0.39, 0.29) is 23.6 Å². The molecule has 1 aliphatic rings. The number of halogens is 1. The Kier molecular flexibility index (Phi) is 7.84. The van der Waals surface area contributed by atoms with Gasteiger partial charge in [0.2, 0.25) is 0 Å². The number of phenols is 1. The predicted octanol–water partition coefficient (Wildman–Crippen LogP) is 6.59. The molecule has 9 heteroatoms. The molecule has 0 bridgehead atoms. The number of amides is 2. The van der Waals surface area contributed by atoms with Crippen molar-refractivity contribution in [1.82, 2.24) is 15.1 Å². The summed E-state index contributed by atoms with van der Waals surface area (Å²) in [6.45, 7) is 0.340. The number of aromatic nitrogens is 2. The van der Waals surface area contributed by atoms with E-state index in [0.29, 0.717) is 34.1 Å². The summed E-state index contributed by atoms with van der Waals surface area (Å²) in [5, 5.41) is 21.5. The molecule has 3 aromatic carbocycles. The lowest BCUT2D eigenvalue weighted by atomic mass is 10.0. The summed E-state index contributed by atoms with van der Waals surface area (Å²) in [5.74, 6) is 0.524. The molecule has 0 unspecified atom stereocenters. The monoisotopic (exact) mass is 544 g/mol. The number of nitrogens with zero attached hydrogens (tertiary/aromatic N) is 2. The Morgan fingerprint density at radius 3 is 2.49 bits per heavy atom. The van der Waals surface area contributed by atoms with Gasteiger partial charge >= 0.3 is 6.03 Å². The second-order valence-corrected chi connectivity index (χ2v) is 9.93. The molecule has 2 amide bonds. The van der Waals surface area contributed by atoms with Crippen molar-refractivity contribution in [3.8, 4) is 22.8 Å². The minimum atomic E-state index is -0.380. The molecule has 1 heterocycles. The van der Waals surface area contributed by atoms with E-state index in [1.165, 1.54) is 10.7 Å². The van der Waals surface area contributed by atoms with E-state index in [1.807, 2.05) is 30.3 Å². The molecule has 1 saturated carbocycles. The summed E-state index contributed by atoms with van der Waals surface area (Å²) in [6, 6.07) is 20.6. The highest BCUT2D eigenvalue weighted by Crippen LogP contribution is 2.38. The zero-order valence-electron chi connectivity index (χ0n) is 21.5. The maximum absolute atomic E-state index is 13.2. The Balaban J connectivity index is 1.36. The van der Waals surface area contributed by atoms with Gasteiger partial charge in [0.1, 0.15) is 11.5 Å². The Morgan fingerprint density at radius 2 is 1.79 bits per heavy atom. The largest absolute Gasteiger partial charge is 0.507 e. The van der Waals surface area contributed by atoms with Crippen LogP contribution in [0.3, 0.4) is 0 Å². The number of carbonyl (C=O) groups is 2. The fourth-order valence-electron chi connectivity index (χ4n) is 4.87. The van der Waals surface area contributed by atoms with E-state index in [0.717, 1.165) is 42.7 Å². The van der Waals surface area contributed by atoms with Crippen LogP contribution in [0.25, 0.3) is 11.3 Å². The minimum Gasteiger partial charge on any atom is -0.507 e. The van der Waals surface area contributed by atoms with Crippen LogP contribution in [0.2, 0.25) is 5.02 Å². The number of ether oxygens (including phenoxy) is 1. The fraction of sp³-hybridized carbons (Fsp3) is 0.233. The van der Waals surface area contributed by atoms with E-state index < -0.39 is 0 Å². The van der Waals surface area contributed by atoms with E-state index in [2.05, 4.69) is 15.7 Å². The van der Waals surface area contributed by atoms with Gasteiger partial charge < -0.3 is 20.5 Å². The van der Waals surface area contributed by atoms with E-state index >= 15 is 0 Å². The number of anilines is 1. The van der Waals surface area contributed by atoms with Crippen LogP contribution in [0.4, 0.5) is 10.5 Å². The van der Waals surface area contributed by atoms with Crippen LogP contribution in [0, 0.1) is 0 Å². The first-order valence-electron chi connectivity index (χ1n) is 12.8. The summed E-state index contributed by atoms with van der Waals surface area (Å²) in [7, 11) is 1.61. The first kappa shape index (κ1) is 26.3. The van der Waals surface area contributed by atoms with Gasteiger partial charge in [0.25, 0.3) is 5.91 Å². The van der Waals surface area contributed by atoms with Crippen molar-refractivity contribution in [2.24, 2.45) is 0 Å². The molecule has 0 radical (unpaired) electrons. The van der Waals surface area contributed by atoms with Gasteiger partial charge in [-0.15, -0.1) is 0 Å². The molecule has 0 aliphatic heterocycles. The van der Waals surface area contributed by atoms with Crippen molar-refractivity contribution in [3.05, 3.63) is 94.6 Å². The number of hydrogen-bond acceptors (Lipinski definition) is 5. The topological polar surface area (TPSA) is 105 Å². The van der Waals surface area contributed by atoms with Crippen molar-refractivity contribution in [2.45, 2.75) is 38.1 Å². The molecule has 0 atom stereocenters. The zero-order valence-corrected chi connectivity index (χ0v) is 22.2. The molecule has 0 saturated heterocycles. The fourth-order valence-corrected chi connectivity index (χ4v) is 5.09. The summed E-state index contributed by atoms with van der Waals surface area (Å²) in [4.78, 5) is 25.9. The van der Waals surface area contributed by atoms with E-state index in [1.54, 1.807) is 43.5 Å². The average Bonchev–Trinajstić information content (AvgIpc) is 3.63. The van der Waals surface area contributed by atoms with Crippen molar-refractivity contribution in [2.75, 3.05) is 12.4 Å². The molecule has 1 aliphatic carbocycles. The van der Waals surface area contributed by atoms with Crippen molar-refractivity contribution in [1.29, 1.82) is 0 Å². The van der Waals surface area contributed by atoms with Gasteiger partial charge in [-0.05, 0) is 60.9 Å². The molecular formula is C30H29ClN4O4. The third-order valence-electron chi connectivity index (χ3n) is 6.96. The van der Waals surface area contributed by atoms with Gasteiger partial charge in [-0.1, -0.05) is 48.7 Å². The Morgan fingerprint density at radius 1 is 1.05 bits per heavy atom. The highest BCUT2D eigenvalue weighted by molar-refractivity contribution is 6.34. The van der Waals surface area contributed by atoms with Crippen molar-refractivity contribution >= 4 is 29.2 Å². The lowest BCUT2D eigenvalue weighted by Crippen LogP contribution is -2.30. The number of carbonyl (C=O) groups excluding carboxylic acids is 2. The predicted molar refractivity (Wildman–Crippen MR) is 151 cm³/mol. The number of methoxy groups -OCH3 is 1. The maximum atomic E-state index is 13.2. The Hall–Kier alpha value is -4.30. The molecule has 200 valence electrons. The number of nitrogens with one attached hydrogen (secondary N) is 2. The number of aromatic hydroxyl groups is 1. The van der Waals surface area contributed by atoms with Crippen LogP contribution in [0.15, 0.2) is 72.8 Å². The first-order chi connectivity index (χ1) is 18.9. The molecule has 8 nitrogen and oxygen atoms in total. The number of rotatable bonds is 7. The van der Waals surface area contributed by atoms with Crippen LogP contribution in [-0.4, -0.2) is 33.9 Å². The van der Waals surface area contributed by atoms with Gasteiger partial charge in [-0.2, -0.15) is 9.78 Å². The van der Waals surface area contributed by atoms with Crippen LogP contribution in [0.1, 0.15) is 53.2 Å². The van der Waals surface area contributed by atoms with Crippen LogP contribution >= 0.6 is 11.6 Å². The van der Waals surface area contributed by atoms with Gasteiger partial charge in [-0.25, -0.2) is 4.79 Å². The zero-order chi connectivity index (χ0) is 27.4. The molecule has 39 heavy (non-hydrogen) atoms. The Bertz CT molecular complexity index is 1490. The molecule has 0 spiro atoms. The molecule has 1 aromatic heterocycles.